The number of aliphatic hydroxyl groups excluding tert-OH is 2. The van der Waals surface area contributed by atoms with Crippen LogP contribution in [0.4, 0.5) is 0 Å². The van der Waals surface area contributed by atoms with E-state index in [4.69, 9.17) is 0 Å². The summed E-state index contributed by atoms with van der Waals surface area (Å²) in [5, 5.41) is 19.0. The average Bonchev–Trinajstić information content (AvgIpc) is 2.82. The minimum atomic E-state index is 0.201. The quantitative estimate of drug-likeness (QED) is 0.113. The third-order valence-corrected chi connectivity index (χ3v) is 7.32. The normalized spacial score (nSPS) is 12.6. The van der Waals surface area contributed by atoms with Crippen molar-refractivity contribution >= 4 is 0 Å². The molecule has 0 saturated carbocycles. The van der Waals surface area contributed by atoms with Crippen molar-refractivity contribution in [3.63, 3.8) is 0 Å². The Balaban J connectivity index is 3.94. The summed E-state index contributed by atoms with van der Waals surface area (Å²) in [5.74, 6) is 0. The van der Waals surface area contributed by atoms with Gasteiger partial charge in [0.1, 0.15) is 0 Å². The zero-order chi connectivity index (χ0) is 24.2. The molecule has 1 atom stereocenters. The summed E-state index contributed by atoms with van der Waals surface area (Å²) >= 11 is 0. The number of hydrogen-bond donors (Lipinski definition) is 2. The fourth-order valence-electron chi connectivity index (χ4n) is 5.15. The highest BCUT2D eigenvalue weighted by molar-refractivity contribution is 4.72. The summed E-state index contributed by atoms with van der Waals surface area (Å²) in [6, 6.07) is 0.539. The summed E-state index contributed by atoms with van der Waals surface area (Å²) in [4.78, 5) is 2.35. The van der Waals surface area contributed by atoms with E-state index in [1.165, 1.54) is 148 Å². The molecule has 0 radical (unpaired) electrons. The number of hydrogen-bond acceptors (Lipinski definition) is 3. The van der Waals surface area contributed by atoms with Gasteiger partial charge in [0, 0.05) is 19.1 Å². The molecule has 3 heteroatoms. The van der Waals surface area contributed by atoms with E-state index in [0.29, 0.717) is 19.1 Å². The molecule has 0 aromatic heterocycles. The lowest BCUT2D eigenvalue weighted by Crippen LogP contribution is -2.39. The Morgan fingerprint density at radius 3 is 0.970 bits per heavy atom. The van der Waals surface area contributed by atoms with Gasteiger partial charge >= 0.3 is 0 Å². The molecule has 2 N–H and O–H groups in total. The molecule has 0 aromatic rings. The maximum Gasteiger partial charge on any atom is 0.0558 e. The fraction of sp³-hybridized carbons (Fsp3) is 1.00. The van der Waals surface area contributed by atoms with Crippen LogP contribution in [-0.2, 0) is 0 Å². The first kappa shape index (κ1) is 32.9. The predicted molar refractivity (Wildman–Crippen MR) is 147 cm³/mol. The van der Waals surface area contributed by atoms with Gasteiger partial charge in [-0.05, 0) is 12.8 Å². The molecule has 0 aliphatic rings. The fourth-order valence-corrected chi connectivity index (χ4v) is 5.15. The zero-order valence-corrected chi connectivity index (χ0v) is 23.0. The van der Waals surface area contributed by atoms with Gasteiger partial charge in [-0.2, -0.15) is 0 Å². The summed E-state index contributed by atoms with van der Waals surface area (Å²) in [6.45, 7) is 6.39. The third-order valence-electron chi connectivity index (χ3n) is 7.32. The molecule has 0 aliphatic heterocycles. The van der Waals surface area contributed by atoms with Crippen molar-refractivity contribution in [1.82, 2.24) is 4.90 Å². The van der Waals surface area contributed by atoms with Crippen LogP contribution >= 0.6 is 0 Å². The molecule has 0 spiro atoms. The van der Waals surface area contributed by atoms with E-state index in [9.17, 15) is 10.2 Å². The number of aliphatic hydroxyl groups is 2. The number of unbranched alkanes of at least 4 members (excludes halogenated alkanes) is 19. The first-order chi connectivity index (χ1) is 16.3. The first-order valence-electron chi connectivity index (χ1n) is 15.3. The van der Waals surface area contributed by atoms with Crippen molar-refractivity contribution in [3.8, 4) is 0 Å². The van der Waals surface area contributed by atoms with Gasteiger partial charge < -0.3 is 10.2 Å². The van der Waals surface area contributed by atoms with E-state index in [1.54, 1.807) is 0 Å². The van der Waals surface area contributed by atoms with Gasteiger partial charge in [-0.15, -0.1) is 0 Å². The van der Waals surface area contributed by atoms with Crippen LogP contribution < -0.4 is 0 Å². The molecular formula is C30H63NO2. The van der Waals surface area contributed by atoms with Crippen molar-refractivity contribution in [2.24, 2.45) is 0 Å². The lowest BCUT2D eigenvalue weighted by Gasteiger charge is -2.31. The second kappa shape index (κ2) is 28.1. The van der Waals surface area contributed by atoms with Crippen LogP contribution in [0.2, 0.25) is 0 Å². The van der Waals surface area contributed by atoms with Gasteiger partial charge in [-0.25, -0.2) is 0 Å². The van der Waals surface area contributed by atoms with Crippen LogP contribution in [0.1, 0.15) is 162 Å². The van der Waals surface area contributed by atoms with Crippen LogP contribution in [0, 0.1) is 0 Å². The number of rotatable bonds is 28. The molecule has 0 saturated heterocycles. The molecule has 0 fully saturated rings. The van der Waals surface area contributed by atoms with Crippen molar-refractivity contribution in [1.29, 1.82) is 0 Å². The van der Waals surface area contributed by atoms with E-state index >= 15 is 0 Å². The average molecular weight is 470 g/mol. The highest BCUT2D eigenvalue weighted by Crippen LogP contribution is 2.19. The van der Waals surface area contributed by atoms with Crippen molar-refractivity contribution in [2.75, 3.05) is 26.3 Å². The maximum absolute atomic E-state index is 9.50. The van der Waals surface area contributed by atoms with E-state index in [1.807, 2.05) is 0 Å². The second-order valence-electron chi connectivity index (χ2n) is 10.4. The zero-order valence-electron chi connectivity index (χ0n) is 23.0. The van der Waals surface area contributed by atoms with Gasteiger partial charge in [0.25, 0.3) is 0 Å². The molecule has 0 bridgehead atoms. The Morgan fingerprint density at radius 1 is 0.424 bits per heavy atom. The summed E-state index contributed by atoms with van der Waals surface area (Å²) in [5.41, 5.74) is 0. The highest BCUT2D eigenvalue weighted by atomic mass is 16.3. The summed E-state index contributed by atoms with van der Waals surface area (Å²) < 4.78 is 0. The Bertz CT molecular complexity index is 344. The standard InChI is InChI=1S/C30H63NO2/c1-3-5-7-9-11-13-15-17-19-21-23-25-30(31(26-28-32)27-29-33)24-22-20-18-16-14-12-10-8-6-4-2/h30,32-33H,3-29H2,1-2H3. The molecule has 0 aliphatic carbocycles. The monoisotopic (exact) mass is 469 g/mol. The van der Waals surface area contributed by atoms with E-state index in [-0.39, 0.29) is 13.2 Å². The Morgan fingerprint density at radius 2 is 0.697 bits per heavy atom. The largest absolute Gasteiger partial charge is 0.395 e. The summed E-state index contributed by atoms with van der Waals surface area (Å²) in [7, 11) is 0. The summed E-state index contributed by atoms with van der Waals surface area (Å²) in [6.07, 6.45) is 31.6. The lowest BCUT2D eigenvalue weighted by atomic mass is 9.98. The van der Waals surface area contributed by atoms with Crippen LogP contribution in [-0.4, -0.2) is 47.5 Å². The Kier molecular flexibility index (Phi) is 28.0. The topological polar surface area (TPSA) is 43.7 Å². The molecular weight excluding hydrogens is 406 g/mol. The first-order valence-corrected chi connectivity index (χ1v) is 15.3. The van der Waals surface area contributed by atoms with Gasteiger partial charge in [-0.1, -0.05) is 149 Å². The SMILES string of the molecule is CCCCCCCCCCCCCC(CCCCCCCCCCCC)N(CCO)CCO. The predicted octanol–water partition coefficient (Wildman–Crippen LogP) is 8.65. The molecule has 33 heavy (non-hydrogen) atoms. The van der Waals surface area contributed by atoms with E-state index in [0.717, 1.165) is 0 Å². The Hall–Kier alpha value is -0.120. The molecule has 3 nitrogen and oxygen atoms in total. The second-order valence-corrected chi connectivity index (χ2v) is 10.4. The highest BCUT2D eigenvalue weighted by Gasteiger charge is 2.17. The van der Waals surface area contributed by atoms with Crippen molar-refractivity contribution in [3.05, 3.63) is 0 Å². The van der Waals surface area contributed by atoms with Crippen LogP contribution in [0.3, 0.4) is 0 Å². The maximum atomic E-state index is 9.50. The van der Waals surface area contributed by atoms with E-state index in [2.05, 4.69) is 18.7 Å². The van der Waals surface area contributed by atoms with Crippen LogP contribution in [0.5, 0.6) is 0 Å². The van der Waals surface area contributed by atoms with Gasteiger partial charge in [0.05, 0.1) is 13.2 Å². The lowest BCUT2D eigenvalue weighted by molar-refractivity contribution is 0.109. The molecule has 0 aromatic carbocycles. The Labute approximate surface area is 209 Å². The molecule has 0 heterocycles. The van der Waals surface area contributed by atoms with Crippen LogP contribution in [0.15, 0.2) is 0 Å². The smallest absolute Gasteiger partial charge is 0.0558 e. The van der Waals surface area contributed by atoms with Gasteiger partial charge in [0.15, 0.2) is 0 Å². The third kappa shape index (κ3) is 23.4. The van der Waals surface area contributed by atoms with Gasteiger partial charge in [0.2, 0.25) is 0 Å². The number of nitrogens with zero attached hydrogens (tertiary/aromatic N) is 1. The minimum Gasteiger partial charge on any atom is -0.395 e. The molecule has 200 valence electrons. The van der Waals surface area contributed by atoms with Gasteiger partial charge in [-0.3, -0.25) is 4.90 Å². The molecule has 0 rings (SSSR count). The minimum absolute atomic E-state index is 0.201. The van der Waals surface area contributed by atoms with Crippen molar-refractivity contribution < 1.29 is 10.2 Å². The molecule has 1 unspecified atom stereocenters. The van der Waals surface area contributed by atoms with Crippen molar-refractivity contribution in [2.45, 2.75) is 168 Å². The van der Waals surface area contributed by atoms with E-state index < -0.39 is 0 Å². The van der Waals surface area contributed by atoms with Crippen LogP contribution in [0.25, 0.3) is 0 Å². The molecule has 0 amide bonds.